The van der Waals surface area contributed by atoms with E-state index in [9.17, 15) is 9.59 Å². The molecule has 0 bridgehead atoms. The molecule has 6 rings (SSSR count). The van der Waals surface area contributed by atoms with Crippen molar-refractivity contribution >= 4 is 22.5 Å². The average molecular weight is 496 g/mol. The predicted molar refractivity (Wildman–Crippen MR) is 140 cm³/mol. The molecular weight excluding hydrogens is 466 g/mol. The van der Waals surface area contributed by atoms with Gasteiger partial charge in [-0.15, -0.1) is 0 Å². The number of benzene rings is 1. The highest BCUT2D eigenvalue weighted by Crippen LogP contribution is 2.37. The zero-order valence-electron chi connectivity index (χ0n) is 21.1. The van der Waals surface area contributed by atoms with Crippen LogP contribution in [-0.4, -0.2) is 56.1 Å². The number of ketones is 1. The fourth-order valence-electron chi connectivity index (χ4n) is 5.45. The number of carbonyl (C=O) groups excluding carboxylic acids is 2. The minimum Gasteiger partial charge on any atom is -0.381 e. The highest BCUT2D eigenvalue weighted by molar-refractivity contribution is 5.97. The summed E-state index contributed by atoms with van der Waals surface area (Å²) in [5, 5.41) is 7.25. The lowest BCUT2D eigenvalue weighted by Crippen LogP contribution is -2.35. The molecule has 0 aliphatic carbocycles. The van der Waals surface area contributed by atoms with Crippen LogP contribution in [0, 0.1) is 0 Å². The normalized spacial score (nSPS) is 16.1. The van der Waals surface area contributed by atoms with Crippen molar-refractivity contribution in [3.63, 3.8) is 0 Å². The number of hydrogen-bond donors (Lipinski definition) is 0. The molecule has 5 heterocycles. The molecule has 4 aromatic rings. The lowest BCUT2D eigenvalue weighted by Gasteiger charge is -2.29. The fourth-order valence-corrected chi connectivity index (χ4v) is 5.45. The molecule has 8 nitrogen and oxygen atoms in total. The molecule has 0 radical (unpaired) electrons. The van der Waals surface area contributed by atoms with E-state index in [1.165, 1.54) is 12.6 Å². The number of fused-ring (bicyclic) bond motifs is 2. The Morgan fingerprint density at radius 2 is 1.86 bits per heavy atom. The Morgan fingerprint density at radius 3 is 2.59 bits per heavy atom. The monoisotopic (exact) mass is 495 g/mol. The maximum atomic E-state index is 12.3. The summed E-state index contributed by atoms with van der Waals surface area (Å²) < 4.78 is 7.82. The van der Waals surface area contributed by atoms with Gasteiger partial charge in [0.25, 0.3) is 0 Å². The molecule has 0 unspecified atom stereocenters. The Morgan fingerprint density at radius 1 is 1.03 bits per heavy atom. The van der Waals surface area contributed by atoms with E-state index in [0.29, 0.717) is 24.8 Å². The maximum absolute atomic E-state index is 12.3. The van der Waals surface area contributed by atoms with Gasteiger partial charge in [0.15, 0.2) is 5.78 Å². The summed E-state index contributed by atoms with van der Waals surface area (Å²) in [5.74, 6) is 0.0265. The first kappa shape index (κ1) is 23.5. The number of nitrogens with zero attached hydrogens (tertiary/aromatic N) is 5. The zero-order chi connectivity index (χ0) is 25.5. The van der Waals surface area contributed by atoms with Gasteiger partial charge in [-0.3, -0.25) is 24.2 Å². The van der Waals surface area contributed by atoms with Crippen LogP contribution >= 0.6 is 0 Å². The number of carbonyl (C=O) groups is 2. The number of rotatable bonds is 4. The van der Waals surface area contributed by atoms with Crippen molar-refractivity contribution in [1.82, 2.24) is 24.6 Å². The number of Topliss-reactive ketones (excluding diaryl/α,β-unsaturated/α-hetero) is 1. The van der Waals surface area contributed by atoms with Crippen molar-refractivity contribution in [1.29, 1.82) is 0 Å². The number of ether oxygens (including phenoxy) is 1. The summed E-state index contributed by atoms with van der Waals surface area (Å²) in [7, 11) is 0. The van der Waals surface area contributed by atoms with E-state index in [-0.39, 0.29) is 11.7 Å². The molecule has 1 amide bonds. The quantitative estimate of drug-likeness (QED) is 0.384. The second kappa shape index (κ2) is 9.52. The third kappa shape index (κ3) is 4.31. The van der Waals surface area contributed by atoms with Crippen molar-refractivity contribution in [3.05, 3.63) is 65.7 Å². The van der Waals surface area contributed by atoms with Gasteiger partial charge in [-0.2, -0.15) is 5.10 Å². The van der Waals surface area contributed by atoms with Gasteiger partial charge in [0.05, 0.1) is 17.4 Å². The second-order valence-corrected chi connectivity index (χ2v) is 9.84. The van der Waals surface area contributed by atoms with Crippen LogP contribution < -0.4 is 0 Å². The van der Waals surface area contributed by atoms with Gasteiger partial charge < -0.3 is 9.64 Å². The lowest BCUT2D eigenvalue weighted by atomic mass is 9.96. The summed E-state index contributed by atoms with van der Waals surface area (Å²) >= 11 is 0. The summed E-state index contributed by atoms with van der Waals surface area (Å²) in [6.45, 7) is 5.92. The number of hydrogen-bond acceptors (Lipinski definition) is 6. The van der Waals surface area contributed by atoms with Gasteiger partial charge in [0.1, 0.15) is 5.69 Å². The zero-order valence-corrected chi connectivity index (χ0v) is 21.1. The van der Waals surface area contributed by atoms with Gasteiger partial charge in [-0.25, -0.2) is 0 Å². The standard InChI is InChI=1S/C29H29N5O3/c1-18(35)26-7-6-21(15-30-26)27-14-20-4-3-5-23(24(20)16-31-27)29-25-17-33(19(2)36)11-8-28(25)34(32-29)22-9-12-37-13-10-22/h3-7,14-16,22H,8-13,17H2,1-2H3. The van der Waals surface area contributed by atoms with Crippen LogP contribution in [0.2, 0.25) is 0 Å². The Bertz CT molecular complexity index is 1500. The third-order valence-corrected chi connectivity index (χ3v) is 7.51. The molecule has 1 aromatic carbocycles. The minimum atomic E-state index is -0.0606. The number of amides is 1. The molecule has 1 fully saturated rings. The third-order valence-electron chi connectivity index (χ3n) is 7.51. The van der Waals surface area contributed by atoms with Crippen molar-refractivity contribution in [2.24, 2.45) is 0 Å². The molecule has 37 heavy (non-hydrogen) atoms. The first-order valence-corrected chi connectivity index (χ1v) is 12.8. The summed E-state index contributed by atoms with van der Waals surface area (Å²) in [6.07, 6.45) is 6.28. The molecule has 1 saturated heterocycles. The Kier molecular flexibility index (Phi) is 6.04. The van der Waals surface area contributed by atoms with Crippen LogP contribution in [0.3, 0.4) is 0 Å². The van der Waals surface area contributed by atoms with Crippen molar-refractivity contribution in [2.75, 3.05) is 19.8 Å². The van der Waals surface area contributed by atoms with E-state index in [1.807, 2.05) is 29.3 Å². The highest BCUT2D eigenvalue weighted by Gasteiger charge is 2.30. The molecule has 2 aliphatic rings. The minimum absolute atomic E-state index is 0.0606. The average Bonchev–Trinajstić information content (AvgIpc) is 3.31. The molecule has 0 N–H and O–H groups in total. The largest absolute Gasteiger partial charge is 0.381 e. The molecule has 8 heteroatoms. The SMILES string of the molecule is CC(=O)c1ccc(-c2cc3cccc(-c4nn(C5CCOCC5)c5c4CN(C(C)=O)CC5)c3cn2)cn1. The van der Waals surface area contributed by atoms with E-state index in [4.69, 9.17) is 14.8 Å². The van der Waals surface area contributed by atoms with E-state index in [1.54, 1.807) is 19.2 Å². The first-order chi connectivity index (χ1) is 18.0. The van der Waals surface area contributed by atoms with E-state index in [0.717, 1.165) is 71.3 Å². The Labute approximate surface area is 215 Å². The van der Waals surface area contributed by atoms with Crippen LogP contribution in [0.25, 0.3) is 33.3 Å². The van der Waals surface area contributed by atoms with Crippen molar-refractivity contribution < 1.29 is 14.3 Å². The van der Waals surface area contributed by atoms with Gasteiger partial charge in [0, 0.05) is 86.7 Å². The molecule has 0 atom stereocenters. The molecule has 2 aliphatic heterocycles. The Hall–Kier alpha value is -3.91. The van der Waals surface area contributed by atoms with Crippen LogP contribution in [0.1, 0.15) is 54.5 Å². The van der Waals surface area contributed by atoms with Gasteiger partial charge in [-0.05, 0) is 36.4 Å². The molecule has 0 saturated carbocycles. The Balaban J connectivity index is 1.44. The second-order valence-electron chi connectivity index (χ2n) is 9.84. The summed E-state index contributed by atoms with van der Waals surface area (Å²) in [5.41, 5.74) is 6.41. The number of aromatic nitrogens is 4. The first-order valence-electron chi connectivity index (χ1n) is 12.8. The molecule has 188 valence electrons. The fraction of sp³-hybridized carbons (Fsp3) is 0.345. The predicted octanol–water partition coefficient (Wildman–Crippen LogP) is 4.62. The summed E-state index contributed by atoms with van der Waals surface area (Å²) in [6, 6.07) is 12.2. The van der Waals surface area contributed by atoms with Crippen LogP contribution in [0.15, 0.2) is 48.8 Å². The lowest BCUT2D eigenvalue weighted by molar-refractivity contribution is -0.129. The molecule has 0 spiro atoms. The van der Waals surface area contributed by atoms with Crippen molar-refractivity contribution in [2.45, 2.75) is 45.7 Å². The van der Waals surface area contributed by atoms with E-state index >= 15 is 0 Å². The van der Waals surface area contributed by atoms with Crippen LogP contribution in [-0.2, 0) is 22.5 Å². The molecule has 3 aromatic heterocycles. The smallest absolute Gasteiger partial charge is 0.219 e. The van der Waals surface area contributed by atoms with Crippen LogP contribution in [0.4, 0.5) is 0 Å². The van der Waals surface area contributed by atoms with Gasteiger partial charge in [0.2, 0.25) is 5.91 Å². The van der Waals surface area contributed by atoms with Crippen molar-refractivity contribution in [3.8, 4) is 22.5 Å². The van der Waals surface area contributed by atoms with Crippen LogP contribution in [0.5, 0.6) is 0 Å². The summed E-state index contributed by atoms with van der Waals surface area (Å²) in [4.78, 5) is 34.8. The highest BCUT2D eigenvalue weighted by atomic mass is 16.5. The molecular formula is C29H29N5O3. The number of pyridine rings is 2. The van der Waals surface area contributed by atoms with E-state index < -0.39 is 0 Å². The van der Waals surface area contributed by atoms with Gasteiger partial charge >= 0.3 is 0 Å². The van der Waals surface area contributed by atoms with Gasteiger partial charge in [-0.1, -0.05) is 18.2 Å². The topological polar surface area (TPSA) is 90.2 Å². The maximum Gasteiger partial charge on any atom is 0.219 e. The van der Waals surface area contributed by atoms with E-state index in [2.05, 4.69) is 21.8 Å².